The molecule has 0 bridgehead atoms. The third kappa shape index (κ3) is 4.34. The zero-order valence-corrected chi connectivity index (χ0v) is 15.1. The van der Waals surface area contributed by atoms with E-state index in [4.69, 9.17) is 21.7 Å². The van der Waals surface area contributed by atoms with Crippen molar-refractivity contribution in [2.75, 3.05) is 13.7 Å². The first-order valence-electron chi connectivity index (χ1n) is 7.56. The molecule has 1 unspecified atom stereocenters. The van der Waals surface area contributed by atoms with E-state index in [0.717, 1.165) is 16.0 Å². The molecular formula is C15H23BrN2O2S. The summed E-state index contributed by atoms with van der Waals surface area (Å²) in [6, 6.07) is 0. The highest BCUT2D eigenvalue weighted by Gasteiger charge is 2.28. The first-order chi connectivity index (χ1) is 10.2. The lowest BCUT2D eigenvalue weighted by atomic mass is 9.85. The number of aromatic amines is 1. The lowest BCUT2D eigenvalue weighted by Crippen LogP contribution is -2.22. The summed E-state index contributed by atoms with van der Waals surface area (Å²) in [5, 5.41) is 0. The smallest absolute Gasteiger partial charge is 0.144 e. The molecule has 21 heavy (non-hydrogen) atoms. The van der Waals surface area contributed by atoms with Gasteiger partial charge in [0.25, 0.3) is 0 Å². The lowest BCUT2D eigenvalue weighted by molar-refractivity contribution is -0.000637. The van der Waals surface area contributed by atoms with Gasteiger partial charge in [-0.25, -0.2) is 4.98 Å². The van der Waals surface area contributed by atoms with E-state index in [0.29, 0.717) is 23.8 Å². The highest BCUT2D eigenvalue weighted by Crippen LogP contribution is 2.36. The second kappa shape index (κ2) is 8.36. The van der Waals surface area contributed by atoms with Crippen molar-refractivity contribution in [1.29, 1.82) is 0 Å². The van der Waals surface area contributed by atoms with Gasteiger partial charge in [-0.05, 0) is 41.6 Å². The normalized spacial score (nSPS) is 17.9. The number of nitrogens with one attached hydrogen (secondary N) is 1. The van der Waals surface area contributed by atoms with Gasteiger partial charge < -0.3 is 14.5 Å². The summed E-state index contributed by atoms with van der Waals surface area (Å²) < 4.78 is 12.6. The molecule has 1 atom stereocenters. The predicted octanol–water partition coefficient (Wildman–Crippen LogP) is 4.71. The Morgan fingerprint density at radius 3 is 2.71 bits per heavy atom. The number of hydrogen-bond acceptors (Lipinski definition) is 4. The molecule has 1 aliphatic rings. The second-order valence-electron chi connectivity index (χ2n) is 5.43. The summed E-state index contributed by atoms with van der Waals surface area (Å²) in [5.41, 5.74) is 0.924. The zero-order chi connectivity index (χ0) is 15.2. The molecule has 6 heteroatoms. The third-order valence-corrected chi connectivity index (χ3v) is 5.35. The second-order valence-corrected chi connectivity index (χ2v) is 6.61. The predicted molar refractivity (Wildman–Crippen MR) is 88.8 cm³/mol. The Morgan fingerprint density at radius 2 is 2.10 bits per heavy atom. The number of H-pyrrole nitrogens is 1. The van der Waals surface area contributed by atoms with Crippen LogP contribution in [0, 0.1) is 10.6 Å². The van der Waals surface area contributed by atoms with E-state index in [9.17, 15) is 0 Å². The van der Waals surface area contributed by atoms with E-state index >= 15 is 0 Å². The largest absolute Gasteiger partial charge is 0.378 e. The third-order valence-electron chi connectivity index (χ3n) is 3.94. The molecule has 1 heterocycles. The molecule has 1 aromatic heterocycles. The maximum atomic E-state index is 6.00. The first kappa shape index (κ1) is 17.1. The molecular weight excluding hydrogens is 352 g/mol. The SMILES string of the molecule is CCOC(c1nc(=S)c(Br)c(COC)[nH]1)C1CCCCC1. The number of halogens is 1. The quantitative estimate of drug-likeness (QED) is 0.732. The molecule has 1 aromatic rings. The number of aromatic nitrogens is 2. The van der Waals surface area contributed by atoms with E-state index in [2.05, 4.69) is 25.9 Å². The fourth-order valence-corrected chi connectivity index (χ4v) is 3.48. The summed E-state index contributed by atoms with van der Waals surface area (Å²) in [5.74, 6) is 1.36. The van der Waals surface area contributed by atoms with Crippen molar-refractivity contribution in [3.05, 3.63) is 20.6 Å². The highest BCUT2D eigenvalue weighted by atomic mass is 79.9. The summed E-state index contributed by atoms with van der Waals surface area (Å²) in [6.45, 7) is 3.18. The Bertz CT molecular complexity index is 515. The van der Waals surface area contributed by atoms with E-state index in [-0.39, 0.29) is 6.10 Å². The maximum Gasteiger partial charge on any atom is 0.144 e. The maximum absolute atomic E-state index is 6.00. The summed E-state index contributed by atoms with van der Waals surface area (Å²) in [6.07, 6.45) is 6.27. The number of nitrogens with zero attached hydrogens (tertiary/aromatic N) is 1. The highest BCUT2D eigenvalue weighted by molar-refractivity contribution is 9.10. The van der Waals surface area contributed by atoms with E-state index in [1.165, 1.54) is 32.1 Å². The molecule has 2 rings (SSSR count). The van der Waals surface area contributed by atoms with Crippen molar-refractivity contribution in [3.63, 3.8) is 0 Å². The first-order valence-corrected chi connectivity index (χ1v) is 8.76. The molecule has 0 aliphatic heterocycles. The van der Waals surface area contributed by atoms with Gasteiger partial charge in [-0.15, -0.1) is 0 Å². The minimum atomic E-state index is 0.000654. The van der Waals surface area contributed by atoms with Crippen molar-refractivity contribution in [3.8, 4) is 0 Å². The van der Waals surface area contributed by atoms with Crippen LogP contribution in [0.4, 0.5) is 0 Å². The van der Waals surface area contributed by atoms with Crippen LogP contribution in [0.3, 0.4) is 0 Å². The molecule has 1 aliphatic carbocycles. The minimum Gasteiger partial charge on any atom is -0.378 e. The molecule has 118 valence electrons. The van der Waals surface area contributed by atoms with Gasteiger partial charge in [0.05, 0.1) is 16.8 Å². The van der Waals surface area contributed by atoms with Crippen LogP contribution in [0.5, 0.6) is 0 Å². The van der Waals surface area contributed by atoms with Gasteiger partial charge in [0.1, 0.15) is 16.6 Å². The van der Waals surface area contributed by atoms with Gasteiger partial charge in [-0.2, -0.15) is 0 Å². The topological polar surface area (TPSA) is 47.1 Å². The molecule has 0 spiro atoms. The Labute approximate surface area is 139 Å². The van der Waals surface area contributed by atoms with Gasteiger partial charge in [0.2, 0.25) is 0 Å². The van der Waals surface area contributed by atoms with Gasteiger partial charge in [-0.1, -0.05) is 31.5 Å². The molecule has 1 saturated carbocycles. The van der Waals surface area contributed by atoms with E-state index < -0.39 is 0 Å². The Hall–Kier alpha value is -0.300. The molecule has 0 saturated heterocycles. The average molecular weight is 375 g/mol. The Morgan fingerprint density at radius 1 is 1.38 bits per heavy atom. The number of methoxy groups -OCH3 is 1. The molecule has 1 fully saturated rings. The van der Waals surface area contributed by atoms with Crippen molar-refractivity contribution >= 4 is 28.1 Å². The Kier molecular flexibility index (Phi) is 6.79. The van der Waals surface area contributed by atoms with Crippen LogP contribution in [0.2, 0.25) is 0 Å². The van der Waals surface area contributed by atoms with Crippen molar-refractivity contribution in [2.24, 2.45) is 5.92 Å². The van der Waals surface area contributed by atoms with Gasteiger partial charge in [0.15, 0.2) is 0 Å². The molecule has 0 radical (unpaired) electrons. The van der Waals surface area contributed by atoms with Crippen LogP contribution in [0.25, 0.3) is 0 Å². The molecule has 0 amide bonds. The summed E-state index contributed by atoms with van der Waals surface area (Å²) in [7, 11) is 1.67. The van der Waals surface area contributed by atoms with Crippen molar-refractivity contribution < 1.29 is 9.47 Å². The standard InChI is InChI=1S/C15H23BrN2O2S/c1-3-20-13(10-7-5-4-6-8-10)14-17-11(9-19-2)12(16)15(21)18-14/h10,13H,3-9H2,1-2H3,(H,17,18,21). The van der Waals surface area contributed by atoms with Crippen molar-refractivity contribution in [1.82, 2.24) is 9.97 Å². The molecule has 1 N–H and O–H groups in total. The van der Waals surface area contributed by atoms with Crippen LogP contribution in [-0.2, 0) is 16.1 Å². The number of ether oxygens (including phenoxy) is 2. The lowest BCUT2D eigenvalue weighted by Gasteiger charge is -2.29. The minimum absolute atomic E-state index is 0.000654. The van der Waals surface area contributed by atoms with Gasteiger partial charge in [-0.3, -0.25) is 0 Å². The summed E-state index contributed by atoms with van der Waals surface area (Å²) >= 11 is 8.84. The van der Waals surface area contributed by atoms with Gasteiger partial charge >= 0.3 is 0 Å². The molecule has 0 aromatic carbocycles. The van der Waals surface area contributed by atoms with Crippen LogP contribution in [0.15, 0.2) is 4.47 Å². The van der Waals surface area contributed by atoms with Crippen LogP contribution < -0.4 is 0 Å². The average Bonchev–Trinajstić information content (AvgIpc) is 2.50. The van der Waals surface area contributed by atoms with Crippen molar-refractivity contribution in [2.45, 2.75) is 51.7 Å². The summed E-state index contributed by atoms with van der Waals surface area (Å²) in [4.78, 5) is 7.90. The van der Waals surface area contributed by atoms with Crippen LogP contribution in [-0.4, -0.2) is 23.7 Å². The zero-order valence-electron chi connectivity index (χ0n) is 12.7. The van der Waals surface area contributed by atoms with Crippen LogP contribution in [0.1, 0.15) is 56.7 Å². The van der Waals surface area contributed by atoms with E-state index in [1.807, 2.05) is 6.92 Å². The fourth-order valence-electron chi connectivity index (χ4n) is 2.96. The van der Waals surface area contributed by atoms with Gasteiger partial charge in [0, 0.05) is 13.7 Å². The molecule has 4 nitrogen and oxygen atoms in total. The monoisotopic (exact) mass is 374 g/mol. The number of hydrogen-bond donors (Lipinski definition) is 1. The fraction of sp³-hybridized carbons (Fsp3) is 0.733. The van der Waals surface area contributed by atoms with Crippen LogP contribution >= 0.6 is 28.1 Å². The number of rotatable bonds is 6. The van der Waals surface area contributed by atoms with E-state index in [1.54, 1.807) is 7.11 Å². The Balaban J connectivity index is 2.32.